The topological polar surface area (TPSA) is 39.1 Å². The lowest BCUT2D eigenvalue weighted by Crippen LogP contribution is -2.55. The van der Waals surface area contributed by atoms with Gasteiger partial charge in [-0.05, 0) is 56.2 Å². The Labute approximate surface area is 128 Å². The second-order valence-corrected chi connectivity index (χ2v) is 6.44. The minimum atomic E-state index is -0.361. The van der Waals surface area contributed by atoms with Gasteiger partial charge in [0.15, 0.2) is 0 Å². The zero-order valence-corrected chi connectivity index (χ0v) is 12.9. The lowest BCUT2D eigenvalue weighted by Gasteiger charge is -2.38. The number of nitrogens with zero attached hydrogens (tertiary/aromatic N) is 2. The predicted molar refractivity (Wildman–Crippen MR) is 86.3 cm³/mol. The van der Waals surface area contributed by atoms with Gasteiger partial charge in [0.05, 0.1) is 6.07 Å². The third-order valence-electron chi connectivity index (χ3n) is 4.81. The highest BCUT2D eigenvalue weighted by Crippen LogP contribution is 2.41. The van der Waals surface area contributed by atoms with E-state index in [9.17, 15) is 5.26 Å². The van der Waals surface area contributed by atoms with Gasteiger partial charge in [0.2, 0.25) is 0 Å². The molecule has 0 saturated heterocycles. The molecule has 3 nitrogen and oxygen atoms in total. The van der Waals surface area contributed by atoms with Crippen LogP contribution in [-0.2, 0) is 6.42 Å². The number of rotatable bonds is 6. The fourth-order valence-electron chi connectivity index (χ4n) is 3.50. The maximum absolute atomic E-state index is 9.85. The van der Waals surface area contributed by atoms with E-state index >= 15 is 0 Å². The summed E-state index contributed by atoms with van der Waals surface area (Å²) in [5.41, 5.74) is 2.41. The average Bonchev–Trinajstić information content (AvgIpc) is 3.37. The molecule has 1 unspecified atom stereocenters. The first-order valence-corrected chi connectivity index (χ1v) is 8.28. The maximum Gasteiger partial charge on any atom is 0.127 e. The highest BCUT2D eigenvalue weighted by Gasteiger charge is 2.46. The van der Waals surface area contributed by atoms with Crippen LogP contribution in [0.15, 0.2) is 24.3 Å². The zero-order chi connectivity index (χ0) is 14.7. The molecule has 2 aliphatic rings. The molecule has 0 amide bonds. The quantitative estimate of drug-likeness (QED) is 0.872. The van der Waals surface area contributed by atoms with Crippen molar-refractivity contribution in [2.24, 2.45) is 5.92 Å². The van der Waals surface area contributed by atoms with Crippen molar-refractivity contribution in [3.8, 4) is 6.07 Å². The molecule has 1 aromatic carbocycles. The number of anilines is 1. The van der Waals surface area contributed by atoms with Crippen LogP contribution in [0.25, 0.3) is 0 Å². The van der Waals surface area contributed by atoms with Crippen LogP contribution in [0.4, 0.5) is 5.69 Å². The Bertz CT molecular complexity index is 530. The molecule has 1 fully saturated rings. The van der Waals surface area contributed by atoms with Crippen LogP contribution >= 0.6 is 0 Å². The van der Waals surface area contributed by atoms with E-state index in [0.717, 1.165) is 32.5 Å². The van der Waals surface area contributed by atoms with Crippen molar-refractivity contribution in [2.75, 3.05) is 24.5 Å². The summed E-state index contributed by atoms with van der Waals surface area (Å²) in [6.07, 6.45) is 5.82. The summed E-state index contributed by atoms with van der Waals surface area (Å²) in [6.45, 7) is 4.99. The van der Waals surface area contributed by atoms with Gasteiger partial charge in [0, 0.05) is 18.8 Å². The minimum absolute atomic E-state index is 0.361. The van der Waals surface area contributed by atoms with E-state index in [1.165, 1.54) is 30.5 Å². The molecule has 0 radical (unpaired) electrons. The van der Waals surface area contributed by atoms with Gasteiger partial charge < -0.3 is 4.90 Å². The molecule has 1 heterocycles. The van der Waals surface area contributed by atoms with Gasteiger partial charge in [-0.25, -0.2) is 0 Å². The lowest BCUT2D eigenvalue weighted by atomic mass is 9.91. The number of benzene rings is 1. The average molecular weight is 283 g/mol. The highest BCUT2D eigenvalue weighted by molar-refractivity contribution is 5.56. The number of para-hydroxylation sites is 1. The number of nitrogens with one attached hydrogen (secondary N) is 1. The van der Waals surface area contributed by atoms with Crippen molar-refractivity contribution in [1.29, 1.82) is 5.26 Å². The van der Waals surface area contributed by atoms with Gasteiger partial charge in [0.1, 0.15) is 5.54 Å². The van der Waals surface area contributed by atoms with Gasteiger partial charge in [-0.2, -0.15) is 5.26 Å². The first kappa shape index (κ1) is 14.4. The van der Waals surface area contributed by atoms with E-state index in [2.05, 4.69) is 47.5 Å². The SMILES string of the molecule is CCCNC(C#N)(CN1CCCc2ccccc21)C1CC1. The molecule has 0 aromatic heterocycles. The van der Waals surface area contributed by atoms with Crippen molar-refractivity contribution in [3.63, 3.8) is 0 Å². The lowest BCUT2D eigenvalue weighted by molar-refractivity contribution is 0.362. The predicted octanol–water partition coefficient (Wildman–Crippen LogP) is 3.11. The summed E-state index contributed by atoms with van der Waals surface area (Å²) < 4.78 is 0. The van der Waals surface area contributed by atoms with E-state index in [1.54, 1.807) is 0 Å². The second-order valence-electron chi connectivity index (χ2n) is 6.44. The van der Waals surface area contributed by atoms with Crippen LogP contribution in [0.2, 0.25) is 0 Å². The molecule has 0 spiro atoms. The normalized spacial score (nSPS) is 20.5. The number of nitriles is 1. The van der Waals surface area contributed by atoms with Crippen molar-refractivity contribution >= 4 is 5.69 Å². The van der Waals surface area contributed by atoms with Crippen molar-refractivity contribution in [1.82, 2.24) is 5.32 Å². The molecule has 1 aliphatic heterocycles. The number of aryl methyl sites for hydroxylation is 1. The number of hydrogen-bond donors (Lipinski definition) is 1. The van der Waals surface area contributed by atoms with Crippen LogP contribution in [0.1, 0.15) is 38.2 Å². The molecule has 1 N–H and O–H groups in total. The van der Waals surface area contributed by atoms with Gasteiger partial charge >= 0.3 is 0 Å². The van der Waals surface area contributed by atoms with Gasteiger partial charge in [-0.3, -0.25) is 5.32 Å². The molecule has 1 saturated carbocycles. The van der Waals surface area contributed by atoms with E-state index < -0.39 is 0 Å². The third kappa shape index (κ3) is 2.91. The Morgan fingerprint density at radius 2 is 2.19 bits per heavy atom. The molecule has 112 valence electrons. The van der Waals surface area contributed by atoms with E-state index in [4.69, 9.17) is 0 Å². The van der Waals surface area contributed by atoms with E-state index in [1.807, 2.05) is 0 Å². The first-order chi connectivity index (χ1) is 10.3. The summed E-state index contributed by atoms with van der Waals surface area (Å²) in [5.74, 6) is 0.531. The van der Waals surface area contributed by atoms with E-state index in [-0.39, 0.29) is 5.54 Å². The van der Waals surface area contributed by atoms with Crippen LogP contribution in [-0.4, -0.2) is 25.2 Å². The van der Waals surface area contributed by atoms with Crippen LogP contribution in [0, 0.1) is 17.2 Å². The molecule has 1 aliphatic carbocycles. The molecular formula is C18H25N3. The summed E-state index contributed by atoms with van der Waals surface area (Å²) in [5, 5.41) is 13.4. The van der Waals surface area contributed by atoms with E-state index in [0.29, 0.717) is 5.92 Å². The van der Waals surface area contributed by atoms with Crippen molar-refractivity contribution in [2.45, 2.75) is 44.6 Å². The molecule has 3 rings (SSSR count). The van der Waals surface area contributed by atoms with Crippen molar-refractivity contribution in [3.05, 3.63) is 29.8 Å². The summed E-state index contributed by atoms with van der Waals surface area (Å²) in [6, 6.07) is 11.3. The largest absolute Gasteiger partial charge is 0.368 e. The maximum atomic E-state index is 9.85. The smallest absolute Gasteiger partial charge is 0.127 e. The third-order valence-corrected chi connectivity index (χ3v) is 4.81. The van der Waals surface area contributed by atoms with Crippen LogP contribution < -0.4 is 10.2 Å². The van der Waals surface area contributed by atoms with Gasteiger partial charge in [-0.15, -0.1) is 0 Å². The minimum Gasteiger partial charge on any atom is -0.368 e. The van der Waals surface area contributed by atoms with Gasteiger partial charge in [0.25, 0.3) is 0 Å². The Morgan fingerprint density at radius 1 is 1.38 bits per heavy atom. The molecule has 21 heavy (non-hydrogen) atoms. The monoisotopic (exact) mass is 283 g/mol. The summed E-state index contributed by atoms with van der Waals surface area (Å²) >= 11 is 0. The molecule has 1 aromatic rings. The van der Waals surface area contributed by atoms with Gasteiger partial charge in [-0.1, -0.05) is 25.1 Å². The Morgan fingerprint density at radius 3 is 2.90 bits per heavy atom. The van der Waals surface area contributed by atoms with Crippen molar-refractivity contribution < 1.29 is 0 Å². The fourth-order valence-corrected chi connectivity index (χ4v) is 3.50. The second kappa shape index (κ2) is 6.07. The molecule has 3 heteroatoms. The molecule has 0 bridgehead atoms. The molecular weight excluding hydrogens is 258 g/mol. The Balaban J connectivity index is 1.82. The summed E-state index contributed by atoms with van der Waals surface area (Å²) in [4.78, 5) is 2.43. The standard InChI is InChI=1S/C18H25N3/c1-2-11-20-18(13-19,16-9-10-16)14-21-12-5-7-15-6-3-4-8-17(15)21/h3-4,6,8,16,20H,2,5,7,9-12,14H2,1H3. The molecule has 1 atom stereocenters. The first-order valence-electron chi connectivity index (χ1n) is 8.28. The summed E-state index contributed by atoms with van der Waals surface area (Å²) in [7, 11) is 0. The highest BCUT2D eigenvalue weighted by atomic mass is 15.2. The Hall–Kier alpha value is -1.53. The number of fused-ring (bicyclic) bond motifs is 1. The zero-order valence-electron chi connectivity index (χ0n) is 12.9. The van der Waals surface area contributed by atoms with Crippen LogP contribution in [0.3, 0.4) is 0 Å². The Kier molecular flexibility index (Phi) is 4.17. The fraction of sp³-hybridized carbons (Fsp3) is 0.611. The van der Waals surface area contributed by atoms with Crippen LogP contribution in [0.5, 0.6) is 0 Å². The number of hydrogen-bond acceptors (Lipinski definition) is 3.